The fraction of sp³-hybridized carbons (Fsp3) is 0.217. The van der Waals surface area contributed by atoms with Gasteiger partial charge in [-0.25, -0.2) is 0 Å². The van der Waals surface area contributed by atoms with Crippen molar-refractivity contribution in [2.75, 3.05) is 36.8 Å². The number of fused-ring (bicyclic) bond motifs is 2. The Morgan fingerprint density at radius 2 is 1.20 bits per heavy atom. The van der Waals surface area contributed by atoms with Crippen molar-refractivity contribution in [2.24, 2.45) is 0 Å². The zero-order valence-corrected chi connectivity index (χ0v) is 18.0. The number of rotatable bonds is 9. The summed E-state index contributed by atoms with van der Waals surface area (Å²) < 4.78 is 0. The fourth-order valence-corrected chi connectivity index (χ4v) is 3.73. The number of hydrogen-bond donors (Lipinski definition) is 3. The van der Waals surface area contributed by atoms with Crippen molar-refractivity contribution >= 4 is 56.4 Å². The van der Waals surface area contributed by atoms with Gasteiger partial charge in [-0.2, -0.15) is 0 Å². The first-order valence-corrected chi connectivity index (χ1v) is 10.7. The lowest BCUT2D eigenvalue weighted by molar-refractivity contribution is 0.675. The second-order valence-electron chi connectivity index (χ2n) is 7.00. The van der Waals surface area contributed by atoms with E-state index in [2.05, 4.69) is 25.9 Å². The van der Waals surface area contributed by atoms with Crippen molar-refractivity contribution in [3.05, 3.63) is 71.0 Å². The van der Waals surface area contributed by atoms with E-state index in [4.69, 9.17) is 23.2 Å². The third-order valence-electron chi connectivity index (χ3n) is 4.87. The first-order valence-electron chi connectivity index (χ1n) is 9.98. The highest BCUT2D eigenvalue weighted by Gasteiger charge is 2.03. The minimum Gasteiger partial charge on any atom is -0.384 e. The zero-order chi connectivity index (χ0) is 20.8. The Balaban J connectivity index is 1.18. The second-order valence-corrected chi connectivity index (χ2v) is 7.87. The molecule has 2 aromatic heterocycles. The van der Waals surface area contributed by atoms with Crippen LogP contribution in [0.5, 0.6) is 0 Å². The molecule has 30 heavy (non-hydrogen) atoms. The van der Waals surface area contributed by atoms with E-state index in [0.29, 0.717) is 10.0 Å². The Hall–Kier alpha value is -2.60. The monoisotopic (exact) mass is 439 g/mol. The third-order valence-corrected chi connectivity index (χ3v) is 5.34. The molecule has 0 amide bonds. The van der Waals surface area contributed by atoms with Crippen LogP contribution in [0.4, 0.5) is 11.4 Å². The molecular formula is C23H23Cl2N5. The van der Waals surface area contributed by atoms with Crippen molar-refractivity contribution in [2.45, 2.75) is 6.42 Å². The predicted octanol–water partition coefficient (Wildman–Crippen LogP) is 5.59. The maximum Gasteiger partial charge on any atom is 0.0737 e. The van der Waals surface area contributed by atoms with Gasteiger partial charge in [-0.05, 0) is 61.5 Å². The van der Waals surface area contributed by atoms with Gasteiger partial charge in [0.1, 0.15) is 0 Å². The molecule has 4 rings (SSSR count). The van der Waals surface area contributed by atoms with Crippen LogP contribution in [0.3, 0.4) is 0 Å². The van der Waals surface area contributed by atoms with E-state index < -0.39 is 0 Å². The van der Waals surface area contributed by atoms with Gasteiger partial charge in [0.15, 0.2) is 0 Å². The van der Waals surface area contributed by atoms with Gasteiger partial charge in [-0.15, -0.1) is 0 Å². The third kappa shape index (κ3) is 5.11. The quantitative estimate of drug-likeness (QED) is 0.296. The molecule has 154 valence electrons. The van der Waals surface area contributed by atoms with E-state index in [9.17, 15) is 0 Å². The van der Waals surface area contributed by atoms with E-state index in [-0.39, 0.29) is 0 Å². The lowest BCUT2D eigenvalue weighted by Gasteiger charge is -2.11. The van der Waals surface area contributed by atoms with Crippen molar-refractivity contribution in [3.63, 3.8) is 0 Å². The summed E-state index contributed by atoms with van der Waals surface area (Å²) in [6, 6.07) is 15.6. The summed E-state index contributed by atoms with van der Waals surface area (Å²) in [6.45, 7) is 3.55. The molecule has 0 fully saturated rings. The van der Waals surface area contributed by atoms with Gasteiger partial charge in [-0.1, -0.05) is 23.2 Å². The van der Waals surface area contributed by atoms with Gasteiger partial charge in [0.25, 0.3) is 0 Å². The Labute approximate surface area is 185 Å². The van der Waals surface area contributed by atoms with Gasteiger partial charge in [-0.3, -0.25) is 9.97 Å². The Bertz CT molecular complexity index is 1060. The molecule has 0 aliphatic carbocycles. The molecule has 0 saturated carbocycles. The second kappa shape index (κ2) is 9.94. The first kappa shape index (κ1) is 20.7. The Morgan fingerprint density at radius 3 is 1.80 bits per heavy atom. The Morgan fingerprint density at radius 1 is 0.633 bits per heavy atom. The molecule has 0 radical (unpaired) electrons. The highest BCUT2D eigenvalue weighted by Crippen LogP contribution is 2.25. The van der Waals surface area contributed by atoms with Gasteiger partial charge in [0.05, 0.1) is 11.0 Å². The van der Waals surface area contributed by atoms with Crippen LogP contribution >= 0.6 is 23.2 Å². The highest BCUT2D eigenvalue weighted by molar-refractivity contribution is 6.31. The van der Waals surface area contributed by atoms with Gasteiger partial charge >= 0.3 is 0 Å². The Kier molecular flexibility index (Phi) is 6.84. The van der Waals surface area contributed by atoms with Crippen LogP contribution in [0, 0.1) is 0 Å². The molecule has 0 atom stereocenters. The van der Waals surface area contributed by atoms with Gasteiger partial charge < -0.3 is 16.0 Å². The molecule has 4 aromatic rings. The van der Waals surface area contributed by atoms with Crippen molar-refractivity contribution in [3.8, 4) is 0 Å². The molecule has 0 unspecified atom stereocenters. The average molecular weight is 440 g/mol. The van der Waals surface area contributed by atoms with Crippen molar-refractivity contribution in [1.29, 1.82) is 0 Å². The maximum absolute atomic E-state index is 6.05. The molecule has 2 aromatic carbocycles. The summed E-state index contributed by atoms with van der Waals surface area (Å²) in [5.74, 6) is 0. The van der Waals surface area contributed by atoms with Crippen LogP contribution in [0.15, 0.2) is 60.9 Å². The standard InChI is InChI=1S/C23H23Cl2N5/c24-16-2-4-18-20(6-10-28-22(18)14-16)27-9-1-8-26-12-13-30-21-7-11-29-23-15-17(25)3-5-19(21)23/h2-7,10-11,14-15,26H,1,8-9,12-13H2,(H,27,28)(H,29,30). The van der Waals surface area contributed by atoms with Gasteiger partial charge in [0.2, 0.25) is 0 Å². The number of nitrogens with one attached hydrogen (secondary N) is 3. The molecule has 0 spiro atoms. The minimum atomic E-state index is 0.700. The molecule has 3 N–H and O–H groups in total. The predicted molar refractivity (Wildman–Crippen MR) is 128 cm³/mol. The van der Waals surface area contributed by atoms with Crippen LogP contribution in [0.2, 0.25) is 10.0 Å². The topological polar surface area (TPSA) is 61.9 Å². The largest absolute Gasteiger partial charge is 0.384 e. The first-order chi connectivity index (χ1) is 14.7. The lowest BCUT2D eigenvalue weighted by Crippen LogP contribution is -2.24. The smallest absolute Gasteiger partial charge is 0.0737 e. The SMILES string of the molecule is Clc1ccc2c(NCCCNCCNc3ccnc4cc(Cl)ccc34)ccnc2c1. The molecule has 0 aliphatic heterocycles. The molecular weight excluding hydrogens is 417 g/mol. The highest BCUT2D eigenvalue weighted by atomic mass is 35.5. The number of aromatic nitrogens is 2. The van der Waals surface area contributed by atoms with Crippen LogP contribution in [0.25, 0.3) is 21.8 Å². The average Bonchev–Trinajstić information content (AvgIpc) is 2.75. The summed E-state index contributed by atoms with van der Waals surface area (Å²) in [7, 11) is 0. The molecule has 0 aliphatic rings. The molecule has 7 heteroatoms. The van der Waals surface area contributed by atoms with E-state index in [1.165, 1.54) is 0 Å². The fourth-order valence-electron chi connectivity index (χ4n) is 3.40. The van der Waals surface area contributed by atoms with Crippen molar-refractivity contribution < 1.29 is 0 Å². The van der Waals surface area contributed by atoms with Crippen LogP contribution in [-0.4, -0.2) is 36.1 Å². The summed E-state index contributed by atoms with van der Waals surface area (Å²) in [5.41, 5.74) is 3.97. The van der Waals surface area contributed by atoms with E-state index in [1.54, 1.807) is 6.20 Å². The number of benzene rings is 2. The van der Waals surface area contributed by atoms with Crippen LogP contribution in [0.1, 0.15) is 6.42 Å². The molecule has 5 nitrogen and oxygen atoms in total. The minimum absolute atomic E-state index is 0.700. The van der Waals surface area contributed by atoms with Crippen LogP contribution in [-0.2, 0) is 0 Å². The number of anilines is 2. The maximum atomic E-state index is 6.05. The van der Waals surface area contributed by atoms with Crippen LogP contribution < -0.4 is 16.0 Å². The molecule has 0 bridgehead atoms. The summed E-state index contributed by atoms with van der Waals surface area (Å²) in [4.78, 5) is 8.75. The lowest BCUT2D eigenvalue weighted by atomic mass is 10.2. The van der Waals surface area contributed by atoms with E-state index >= 15 is 0 Å². The van der Waals surface area contributed by atoms with Gasteiger partial charge in [0, 0.05) is 64.2 Å². The molecule has 0 saturated heterocycles. The van der Waals surface area contributed by atoms with E-state index in [0.717, 1.165) is 65.8 Å². The number of hydrogen-bond acceptors (Lipinski definition) is 5. The number of pyridine rings is 2. The zero-order valence-electron chi connectivity index (χ0n) is 16.5. The number of nitrogens with zero attached hydrogens (tertiary/aromatic N) is 2. The summed E-state index contributed by atoms with van der Waals surface area (Å²) in [6.07, 6.45) is 4.63. The molecule has 2 heterocycles. The summed E-state index contributed by atoms with van der Waals surface area (Å²) >= 11 is 12.1. The summed E-state index contributed by atoms with van der Waals surface area (Å²) in [5, 5.41) is 14.0. The number of halogens is 2. The van der Waals surface area contributed by atoms with E-state index in [1.807, 2.05) is 54.7 Å². The van der Waals surface area contributed by atoms with Crippen molar-refractivity contribution in [1.82, 2.24) is 15.3 Å². The normalized spacial score (nSPS) is 11.1.